The summed E-state index contributed by atoms with van der Waals surface area (Å²) in [6, 6.07) is 5.89. The Morgan fingerprint density at radius 2 is 2.18 bits per heavy atom. The van der Waals surface area contributed by atoms with E-state index in [1.165, 1.54) is 9.71 Å². The molecule has 0 bridgehead atoms. The Morgan fingerprint density at radius 3 is 2.86 bits per heavy atom. The van der Waals surface area contributed by atoms with Gasteiger partial charge in [0.05, 0.1) is 15.2 Å². The van der Waals surface area contributed by atoms with E-state index in [1.807, 2.05) is 30.0 Å². The number of halogens is 1. The number of likely N-dealkylation sites (tertiary alicyclic amines) is 1. The number of thiazole rings is 1. The molecule has 1 aliphatic heterocycles. The average Bonchev–Trinajstić information content (AvgIpc) is 2.96. The topological polar surface area (TPSA) is 33.2 Å². The lowest BCUT2D eigenvalue weighted by Crippen LogP contribution is -2.40. The standard InChI is InChI=1S/C17H21ClN2OS/c1-3-11(2)17(21)20-8-6-12(7-9-20)16-19-14-10-13(18)4-5-15(14)22-16/h4-5,10-12H,3,6-9H2,1-2H3. The molecule has 1 atom stereocenters. The van der Waals surface area contributed by atoms with Crippen LogP contribution in [0.2, 0.25) is 5.02 Å². The number of nitrogens with zero attached hydrogens (tertiary/aromatic N) is 2. The first-order valence-electron chi connectivity index (χ1n) is 7.93. The highest BCUT2D eigenvalue weighted by Gasteiger charge is 2.27. The van der Waals surface area contributed by atoms with Crippen LogP contribution in [0.5, 0.6) is 0 Å². The summed E-state index contributed by atoms with van der Waals surface area (Å²) < 4.78 is 1.19. The molecule has 1 aromatic carbocycles. The number of benzene rings is 1. The van der Waals surface area contributed by atoms with Crippen LogP contribution in [-0.2, 0) is 4.79 Å². The van der Waals surface area contributed by atoms with Crippen LogP contribution in [0.1, 0.15) is 44.0 Å². The molecule has 0 N–H and O–H groups in total. The minimum absolute atomic E-state index is 0.140. The van der Waals surface area contributed by atoms with E-state index in [9.17, 15) is 4.79 Å². The third kappa shape index (κ3) is 3.13. The highest BCUT2D eigenvalue weighted by Crippen LogP contribution is 2.35. The first-order valence-corrected chi connectivity index (χ1v) is 9.12. The Bertz CT molecular complexity index is 676. The number of rotatable bonds is 3. The smallest absolute Gasteiger partial charge is 0.225 e. The van der Waals surface area contributed by atoms with E-state index < -0.39 is 0 Å². The van der Waals surface area contributed by atoms with Crippen molar-refractivity contribution in [3.63, 3.8) is 0 Å². The van der Waals surface area contributed by atoms with Gasteiger partial charge in [0.25, 0.3) is 0 Å². The van der Waals surface area contributed by atoms with Crippen molar-refractivity contribution < 1.29 is 4.79 Å². The Hall–Kier alpha value is -1.13. The van der Waals surface area contributed by atoms with Gasteiger partial charge in [0, 0.05) is 29.9 Å². The van der Waals surface area contributed by atoms with E-state index in [0.717, 1.165) is 42.9 Å². The Kier molecular flexibility index (Phi) is 4.69. The van der Waals surface area contributed by atoms with Gasteiger partial charge in [0.1, 0.15) is 0 Å². The third-order valence-corrected chi connectivity index (χ3v) is 5.99. The maximum Gasteiger partial charge on any atom is 0.225 e. The molecule has 0 aliphatic carbocycles. The van der Waals surface area contributed by atoms with Crippen molar-refractivity contribution in [1.82, 2.24) is 9.88 Å². The number of amides is 1. The highest BCUT2D eigenvalue weighted by atomic mass is 35.5. The second-order valence-corrected chi connectivity index (χ2v) is 7.57. The molecule has 1 saturated heterocycles. The van der Waals surface area contributed by atoms with Crippen LogP contribution in [-0.4, -0.2) is 28.9 Å². The molecule has 0 radical (unpaired) electrons. The number of piperidine rings is 1. The molecule has 1 aliphatic rings. The maximum absolute atomic E-state index is 12.2. The highest BCUT2D eigenvalue weighted by molar-refractivity contribution is 7.18. The SMILES string of the molecule is CCC(C)C(=O)N1CCC(c2nc3cc(Cl)ccc3s2)CC1. The van der Waals surface area contributed by atoms with E-state index in [2.05, 4.69) is 6.92 Å². The molecule has 0 spiro atoms. The fraction of sp³-hybridized carbons (Fsp3) is 0.529. The van der Waals surface area contributed by atoms with Crippen LogP contribution in [0.15, 0.2) is 18.2 Å². The summed E-state index contributed by atoms with van der Waals surface area (Å²) in [6.07, 6.45) is 2.93. The summed E-state index contributed by atoms with van der Waals surface area (Å²) in [7, 11) is 0. The van der Waals surface area contributed by atoms with Crippen molar-refractivity contribution in [3.05, 3.63) is 28.2 Å². The predicted molar refractivity (Wildman–Crippen MR) is 92.6 cm³/mol. The van der Waals surface area contributed by atoms with Crippen LogP contribution in [0, 0.1) is 5.92 Å². The first kappa shape index (κ1) is 15.8. The number of fused-ring (bicyclic) bond motifs is 1. The van der Waals surface area contributed by atoms with Crippen molar-refractivity contribution >= 4 is 39.1 Å². The van der Waals surface area contributed by atoms with E-state index in [1.54, 1.807) is 11.3 Å². The maximum atomic E-state index is 12.2. The molecule has 3 nitrogen and oxygen atoms in total. The molecule has 22 heavy (non-hydrogen) atoms. The molecule has 5 heteroatoms. The van der Waals surface area contributed by atoms with Crippen molar-refractivity contribution in [3.8, 4) is 0 Å². The second kappa shape index (κ2) is 6.55. The van der Waals surface area contributed by atoms with Gasteiger partial charge in [0.15, 0.2) is 0 Å². The van der Waals surface area contributed by atoms with E-state index in [0.29, 0.717) is 11.8 Å². The minimum Gasteiger partial charge on any atom is -0.342 e. The summed E-state index contributed by atoms with van der Waals surface area (Å²) in [6.45, 7) is 5.79. The van der Waals surface area contributed by atoms with Crippen LogP contribution in [0.4, 0.5) is 0 Å². The molecule has 3 rings (SSSR count). The fourth-order valence-corrected chi connectivity index (χ4v) is 4.21. The van der Waals surface area contributed by atoms with Crippen molar-refractivity contribution in [2.45, 2.75) is 39.0 Å². The number of carbonyl (C=O) groups is 1. The Morgan fingerprint density at radius 1 is 1.45 bits per heavy atom. The molecule has 2 heterocycles. The number of aromatic nitrogens is 1. The number of carbonyl (C=O) groups excluding carboxylic acids is 1. The lowest BCUT2D eigenvalue weighted by Gasteiger charge is -2.32. The number of hydrogen-bond donors (Lipinski definition) is 0. The van der Waals surface area contributed by atoms with Gasteiger partial charge in [-0.15, -0.1) is 11.3 Å². The molecule has 0 saturated carbocycles. The van der Waals surface area contributed by atoms with Crippen LogP contribution >= 0.6 is 22.9 Å². The van der Waals surface area contributed by atoms with Gasteiger partial charge < -0.3 is 4.90 Å². The van der Waals surface area contributed by atoms with Gasteiger partial charge >= 0.3 is 0 Å². The molecular formula is C17H21ClN2OS. The summed E-state index contributed by atoms with van der Waals surface area (Å²) in [4.78, 5) is 19.0. The summed E-state index contributed by atoms with van der Waals surface area (Å²) in [5.41, 5.74) is 0.991. The van der Waals surface area contributed by atoms with Crippen molar-refractivity contribution in [2.75, 3.05) is 13.1 Å². The van der Waals surface area contributed by atoms with Gasteiger partial charge in [-0.05, 0) is 37.5 Å². The van der Waals surface area contributed by atoms with Gasteiger partial charge in [-0.2, -0.15) is 0 Å². The van der Waals surface area contributed by atoms with E-state index in [-0.39, 0.29) is 5.92 Å². The Balaban J connectivity index is 1.68. The summed E-state index contributed by atoms with van der Waals surface area (Å²) in [5.74, 6) is 0.912. The Labute approximate surface area is 140 Å². The predicted octanol–water partition coefficient (Wildman–Crippen LogP) is 4.70. The molecule has 118 valence electrons. The zero-order valence-electron chi connectivity index (χ0n) is 13.0. The quantitative estimate of drug-likeness (QED) is 0.813. The average molecular weight is 337 g/mol. The van der Waals surface area contributed by atoms with Crippen LogP contribution < -0.4 is 0 Å². The zero-order chi connectivity index (χ0) is 15.7. The lowest BCUT2D eigenvalue weighted by molar-refractivity contribution is -0.136. The molecule has 1 aromatic heterocycles. The van der Waals surface area contributed by atoms with Crippen molar-refractivity contribution in [2.24, 2.45) is 5.92 Å². The molecule has 2 aromatic rings. The molecule has 1 amide bonds. The minimum atomic E-state index is 0.140. The molecule has 1 fully saturated rings. The van der Waals surface area contributed by atoms with Crippen LogP contribution in [0.3, 0.4) is 0 Å². The van der Waals surface area contributed by atoms with Crippen LogP contribution in [0.25, 0.3) is 10.2 Å². The monoisotopic (exact) mass is 336 g/mol. The fourth-order valence-electron chi connectivity index (χ4n) is 2.93. The van der Waals surface area contributed by atoms with Crippen molar-refractivity contribution in [1.29, 1.82) is 0 Å². The van der Waals surface area contributed by atoms with Gasteiger partial charge in [-0.25, -0.2) is 4.98 Å². The molecular weight excluding hydrogens is 316 g/mol. The first-order chi connectivity index (χ1) is 10.6. The second-order valence-electron chi connectivity index (χ2n) is 6.07. The van der Waals surface area contributed by atoms with Gasteiger partial charge in [-0.1, -0.05) is 25.4 Å². The van der Waals surface area contributed by atoms with Gasteiger partial charge in [-0.3, -0.25) is 4.79 Å². The lowest BCUT2D eigenvalue weighted by atomic mass is 9.96. The van der Waals surface area contributed by atoms with E-state index >= 15 is 0 Å². The largest absolute Gasteiger partial charge is 0.342 e. The third-order valence-electron chi connectivity index (χ3n) is 4.56. The normalized spacial score (nSPS) is 17.9. The summed E-state index contributed by atoms with van der Waals surface area (Å²) in [5, 5.41) is 1.92. The zero-order valence-corrected chi connectivity index (χ0v) is 14.6. The molecule has 1 unspecified atom stereocenters. The summed E-state index contributed by atoms with van der Waals surface area (Å²) >= 11 is 7.79. The number of hydrogen-bond acceptors (Lipinski definition) is 3. The van der Waals surface area contributed by atoms with E-state index in [4.69, 9.17) is 16.6 Å². The van der Waals surface area contributed by atoms with Gasteiger partial charge in [0.2, 0.25) is 5.91 Å².